The van der Waals surface area contributed by atoms with Crippen molar-refractivity contribution in [2.45, 2.75) is 60.0 Å². The maximum atomic E-state index is 13.2. The molecule has 0 amide bonds. The van der Waals surface area contributed by atoms with Crippen LogP contribution in [0.2, 0.25) is 0 Å². The molecule has 0 N–H and O–H groups in total. The number of hydrogen-bond donors (Lipinski definition) is 0. The SMILES string of the molecule is C.CCCCOC(=O)c1cccc2c1-c1ccccc1/C2=N\N=C\c1ccc2c(c1)c1ccccc1n2CCOCCOCCn1c2ccccc2c2cc(/C=N/N=C3\c4ccccc4-c4c(C(=O)OCCCC)cccc43)ccc21. The van der Waals surface area contributed by atoms with Crippen LogP contribution < -0.4 is 0 Å². The molecule has 0 aliphatic heterocycles. The van der Waals surface area contributed by atoms with Gasteiger partial charge in [-0.3, -0.25) is 0 Å². The number of fused-ring (bicyclic) bond motifs is 12. The summed E-state index contributed by atoms with van der Waals surface area (Å²) in [6.45, 7) is 8.31. The molecule has 12 rings (SSSR count). The van der Waals surface area contributed by atoms with Gasteiger partial charge in [-0.2, -0.15) is 10.2 Å². The highest BCUT2D eigenvalue weighted by Gasteiger charge is 2.31. The van der Waals surface area contributed by atoms with E-state index in [4.69, 9.17) is 29.2 Å². The van der Waals surface area contributed by atoms with Gasteiger partial charge in [0.2, 0.25) is 0 Å². The first-order valence-electron chi connectivity index (χ1n) is 27.7. The number of aromatic nitrogens is 2. The number of nitrogens with zero attached hydrogens (tertiary/aromatic N) is 6. The molecule has 12 heteroatoms. The van der Waals surface area contributed by atoms with Crippen molar-refractivity contribution in [1.82, 2.24) is 9.13 Å². The van der Waals surface area contributed by atoms with Crippen molar-refractivity contribution >= 4 is 79.4 Å². The number of carbonyl (C=O) groups excluding carboxylic acids is 2. The minimum atomic E-state index is -0.321. The molecule has 12 nitrogen and oxygen atoms in total. The van der Waals surface area contributed by atoms with Gasteiger partial charge in [0, 0.05) is 90.1 Å². The van der Waals surface area contributed by atoms with Crippen LogP contribution in [0.4, 0.5) is 0 Å². The van der Waals surface area contributed by atoms with Gasteiger partial charge in [0.15, 0.2) is 0 Å². The third-order valence-electron chi connectivity index (χ3n) is 15.1. The Morgan fingerprint density at radius 3 is 1.26 bits per heavy atom. The fraction of sp³-hybridized carbons (Fsp3) is 0.217. The zero-order valence-electron chi connectivity index (χ0n) is 44.9. The molecule has 81 heavy (non-hydrogen) atoms. The average Bonchev–Trinajstić information content (AvgIpc) is 4.43. The first kappa shape index (κ1) is 53.9. The van der Waals surface area contributed by atoms with Crippen LogP contribution in [-0.2, 0) is 32.0 Å². The minimum absolute atomic E-state index is 0. The Balaban J connectivity index is 0.00000690. The molecule has 0 saturated carbocycles. The predicted molar refractivity (Wildman–Crippen MR) is 328 cm³/mol. The number of esters is 2. The topological polar surface area (TPSA) is 130 Å². The largest absolute Gasteiger partial charge is 0.462 e. The Morgan fingerprint density at radius 2 is 0.815 bits per heavy atom. The minimum Gasteiger partial charge on any atom is -0.462 e. The van der Waals surface area contributed by atoms with Crippen molar-refractivity contribution < 1.29 is 28.5 Å². The van der Waals surface area contributed by atoms with Crippen LogP contribution in [0.3, 0.4) is 0 Å². The maximum absolute atomic E-state index is 13.2. The Kier molecular flexibility index (Phi) is 16.3. The van der Waals surface area contributed by atoms with E-state index >= 15 is 0 Å². The third kappa shape index (κ3) is 10.6. The third-order valence-corrected chi connectivity index (χ3v) is 15.1. The van der Waals surface area contributed by atoms with Crippen LogP contribution in [0, 0.1) is 0 Å². The number of carbonyl (C=O) groups is 2. The molecule has 0 unspecified atom stereocenters. The predicted octanol–water partition coefficient (Wildman–Crippen LogP) is 14.9. The van der Waals surface area contributed by atoms with E-state index in [1.165, 1.54) is 0 Å². The van der Waals surface area contributed by atoms with Crippen molar-refractivity contribution in [2.24, 2.45) is 20.4 Å². The van der Waals surface area contributed by atoms with Crippen LogP contribution in [0.1, 0.15) is 101 Å². The van der Waals surface area contributed by atoms with E-state index in [0.29, 0.717) is 63.9 Å². The summed E-state index contributed by atoms with van der Waals surface area (Å²) in [6, 6.07) is 57.1. The Labute approximate surface area is 471 Å². The zero-order valence-corrected chi connectivity index (χ0v) is 44.9. The molecule has 0 fully saturated rings. The van der Waals surface area contributed by atoms with Crippen LogP contribution >= 0.6 is 0 Å². The molecular formula is C69H64N6O6. The van der Waals surface area contributed by atoms with E-state index in [0.717, 1.165) is 136 Å². The number of rotatable bonds is 21. The molecule has 0 saturated heterocycles. The highest BCUT2D eigenvalue weighted by atomic mass is 16.5. The lowest BCUT2D eigenvalue weighted by molar-refractivity contribution is 0.0431. The van der Waals surface area contributed by atoms with E-state index in [9.17, 15) is 9.59 Å². The van der Waals surface area contributed by atoms with Crippen molar-refractivity contribution in [3.8, 4) is 22.3 Å². The van der Waals surface area contributed by atoms with Crippen LogP contribution in [0.25, 0.3) is 65.9 Å². The first-order chi connectivity index (χ1) is 39.5. The maximum Gasteiger partial charge on any atom is 0.338 e. The van der Waals surface area contributed by atoms with E-state index in [1.807, 2.05) is 84.9 Å². The van der Waals surface area contributed by atoms with E-state index in [1.54, 1.807) is 12.4 Å². The molecule has 406 valence electrons. The average molecular weight is 1070 g/mol. The zero-order chi connectivity index (χ0) is 54.4. The lowest BCUT2D eigenvalue weighted by Gasteiger charge is -2.10. The number of ether oxygens (including phenoxy) is 4. The van der Waals surface area contributed by atoms with Gasteiger partial charge in [0.1, 0.15) is 11.4 Å². The second kappa shape index (κ2) is 24.5. The summed E-state index contributed by atoms with van der Waals surface area (Å²) in [4.78, 5) is 26.4. The van der Waals surface area contributed by atoms with Gasteiger partial charge in [-0.05, 0) is 83.6 Å². The molecular weight excluding hydrogens is 1010 g/mol. The lowest BCUT2D eigenvalue weighted by atomic mass is 9.99. The molecule has 0 radical (unpaired) electrons. The Bertz CT molecular complexity index is 3860. The van der Waals surface area contributed by atoms with E-state index < -0.39 is 0 Å². The normalized spacial score (nSPS) is 13.5. The summed E-state index contributed by atoms with van der Waals surface area (Å²) in [6.07, 6.45) is 7.13. The summed E-state index contributed by atoms with van der Waals surface area (Å²) in [5.74, 6) is -0.642. The Morgan fingerprint density at radius 1 is 0.420 bits per heavy atom. The Hall–Kier alpha value is -9.10. The van der Waals surface area contributed by atoms with Gasteiger partial charge >= 0.3 is 11.9 Å². The highest BCUT2D eigenvalue weighted by Crippen LogP contribution is 2.42. The molecule has 10 aromatic rings. The van der Waals surface area contributed by atoms with E-state index in [2.05, 4.69) is 118 Å². The molecule has 8 aromatic carbocycles. The van der Waals surface area contributed by atoms with Gasteiger partial charge in [0.25, 0.3) is 0 Å². The number of benzene rings is 8. The van der Waals surface area contributed by atoms with Crippen LogP contribution in [0.15, 0.2) is 190 Å². The number of para-hydroxylation sites is 2. The highest BCUT2D eigenvalue weighted by molar-refractivity contribution is 6.28. The second-order valence-corrected chi connectivity index (χ2v) is 20.0. The molecule has 2 aromatic heterocycles. The van der Waals surface area contributed by atoms with Gasteiger partial charge in [-0.1, -0.05) is 155 Å². The summed E-state index contributed by atoms with van der Waals surface area (Å²) in [7, 11) is 0. The molecule has 2 heterocycles. The van der Waals surface area contributed by atoms with Crippen molar-refractivity contribution in [3.05, 3.63) is 214 Å². The van der Waals surface area contributed by atoms with Crippen molar-refractivity contribution in [2.75, 3.05) is 39.6 Å². The molecule has 0 spiro atoms. The van der Waals surface area contributed by atoms with Crippen LogP contribution in [-0.4, -0.2) is 84.6 Å². The quantitative estimate of drug-likeness (QED) is 0.0305. The summed E-state index contributed by atoms with van der Waals surface area (Å²) >= 11 is 0. The number of hydrogen-bond acceptors (Lipinski definition) is 10. The van der Waals surface area contributed by atoms with Gasteiger partial charge in [0.05, 0.1) is 63.2 Å². The second-order valence-electron chi connectivity index (χ2n) is 20.0. The van der Waals surface area contributed by atoms with Gasteiger partial charge < -0.3 is 28.1 Å². The smallest absolute Gasteiger partial charge is 0.338 e. The fourth-order valence-corrected chi connectivity index (χ4v) is 11.2. The summed E-state index contributed by atoms with van der Waals surface area (Å²) < 4.78 is 28.3. The fourth-order valence-electron chi connectivity index (χ4n) is 11.2. The standard InChI is InChI=1S/C68H60N6O6.CH4/c1-3-5-35-79-67(75)55-25-15-23-53-63(55)49-19-7-9-21-51(49)65(53)71-69-43-45-29-31-61-57(41-45)47-17-11-13-27-59(47)73(61)33-37-77-39-40-78-38-34-74-60-28-14-12-18-48(60)58-42-46(30-32-62(58)74)44-70-72-66-52-22-10-8-20-50(52)64-54(66)24-16-26-56(64)68(76)80-36-6-4-2;/h7-32,41-44H,3-6,33-40H2,1-2H3;1H4/b69-43+,70-44+,71-65+,72-66+;. The first-order valence-corrected chi connectivity index (χ1v) is 27.7. The molecule has 0 atom stereocenters. The molecule has 2 aliphatic carbocycles. The molecule has 2 aliphatic rings. The molecule has 0 bridgehead atoms. The van der Waals surface area contributed by atoms with Crippen LogP contribution in [0.5, 0.6) is 0 Å². The number of unbranched alkanes of at least 4 members (excludes halogenated alkanes) is 2. The van der Waals surface area contributed by atoms with Crippen molar-refractivity contribution in [3.63, 3.8) is 0 Å². The summed E-state index contributed by atoms with van der Waals surface area (Å²) in [5.41, 5.74) is 16.1. The van der Waals surface area contributed by atoms with Gasteiger partial charge in [-0.15, -0.1) is 10.2 Å². The lowest BCUT2D eigenvalue weighted by Crippen LogP contribution is -2.12. The summed E-state index contributed by atoms with van der Waals surface area (Å²) in [5, 5.41) is 23.3. The van der Waals surface area contributed by atoms with Gasteiger partial charge in [-0.25, -0.2) is 9.59 Å². The van der Waals surface area contributed by atoms with E-state index in [-0.39, 0.29) is 19.4 Å². The monoisotopic (exact) mass is 1070 g/mol. The van der Waals surface area contributed by atoms with Crippen molar-refractivity contribution in [1.29, 1.82) is 0 Å².